The number of quaternary nitrogens is 1. The monoisotopic (exact) mass is 192 g/mol. The molecular formula is C7H15NO3P+. The largest absolute Gasteiger partial charge is 0.331 e. The average molecular weight is 192 g/mol. The zero-order valence-corrected chi connectivity index (χ0v) is 8.29. The van der Waals surface area contributed by atoms with Gasteiger partial charge in [0.15, 0.2) is 0 Å². The summed E-state index contributed by atoms with van der Waals surface area (Å²) in [4.78, 5) is 17.2. The van der Waals surface area contributed by atoms with Crippen molar-refractivity contribution in [2.75, 3.05) is 33.3 Å². The quantitative estimate of drug-likeness (QED) is 0.370. The van der Waals surface area contributed by atoms with Crippen LogP contribution in [0.5, 0.6) is 0 Å². The Morgan fingerprint density at radius 3 is 2.33 bits per heavy atom. The van der Waals surface area contributed by atoms with Crippen molar-refractivity contribution in [1.29, 1.82) is 0 Å². The fraction of sp³-hybridized carbons (Fsp3) is 0.714. The van der Waals surface area contributed by atoms with E-state index >= 15 is 0 Å². The van der Waals surface area contributed by atoms with Crippen LogP contribution in [0.1, 0.15) is 0 Å². The molecule has 0 bridgehead atoms. The van der Waals surface area contributed by atoms with E-state index in [0.29, 0.717) is 17.6 Å². The Morgan fingerprint density at radius 2 is 2.00 bits per heavy atom. The molecule has 0 heterocycles. The smallest absolute Gasteiger partial charge is 0.324 e. The van der Waals surface area contributed by atoms with Crippen molar-refractivity contribution < 1.29 is 18.8 Å². The lowest BCUT2D eigenvalue weighted by Gasteiger charge is -2.27. The Kier molecular flexibility index (Phi) is 3.95. The van der Waals surface area contributed by atoms with Gasteiger partial charge in [-0.25, -0.2) is 0 Å². The lowest BCUT2D eigenvalue weighted by molar-refractivity contribution is -0.880. The van der Waals surface area contributed by atoms with Crippen molar-refractivity contribution >= 4 is 7.60 Å². The van der Waals surface area contributed by atoms with E-state index in [2.05, 4.69) is 5.92 Å². The first-order valence-electron chi connectivity index (χ1n) is 3.57. The van der Waals surface area contributed by atoms with Crippen LogP contribution in [-0.2, 0) is 4.57 Å². The van der Waals surface area contributed by atoms with Crippen molar-refractivity contribution in [2.45, 2.75) is 0 Å². The molecule has 0 amide bonds. The second kappa shape index (κ2) is 4.06. The van der Waals surface area contributed by atoms with Gasteiger partial charge in [0, 0.05) is 0 Å². The molecular weight excluding hydrogens is 177 g/mol. The van der Waals surface area contributed by atoms with Crippen LogP contribution in [0.2, 0.25) is 0 Å². The van der Waals surface area contributed by atoms with E-state index in [1.165, 1.54) is 0 Å². The number of terminal acetylenes is 1. The molecule has 0 aromatic carbocycles. The third kappa shape index (κ3) is 6.38. The Hall–Kier alpha value is -0.330. The highest BCUT2D eigenvalue weighted by molar-refractivity contribution is 7.51. The van der Waals surface area contributed by atoms with Crippen LogP contribution in [0.3, 0.4) is 0 Å². The Morgan fingerprint density at radius 1 is 1.50 bits per heavy atom. The van der Waals surface area contributed by atoms with E-state index < -0.39 is 7.60 Å². The fourth-order valence-corrected chi connectivity index (χ4v) is 1.53. The SMILES string of the molecule is C#CC[N+](C)(C)CCP(=O)(O)O. The highest BCUT2D eigenvalue weighted by Crippen LogP contribution is 2.34. The standard InChI is InChI=1S/C7H14NO3P/c1-4-5-8(2,3)6-7-12(9,10)11/h1H,5-7H2,2-3H3,(H-,9,10,11)/p+1. The lowest BCUT2D eigenvalue weighted by atomic mass is 10.4. The van der Waals surface area contributed by atoms with Gasteiger partial charge in [-0.3, -0.25) is 4.57 Å². The molecule has 0 aliphatic heterocycles. The molecule has 12 heavy (non-hydrogen) atoms. The number of rotatable bonds is 4. The third-order valence-electron chi connectivity index (χ3n) is 1.52. The van der Waals surface area contributed by atoms with E-state index in [1.807, 2.05) is 14.1 Å². The fourth-order valence-electron chi connectivity index (χ4n) is 0.727. The number of nitrogens with zero attached hydrogens (tertiary/aromatic N) is 1. The highest BCUT2D eigenvalue weighted by Gasteiger charge is 2.20. The van der Waals surface area contributed by atoms with Crippen molar-refractivity contribution in [2.24, 2.45) is 0 Å². The third-order valence-corrected chi connectivity index (χ3v) is 2.30. The van der Waals surface area contributed by atoms with Crippen molar-refractivity contribution in [3.8, 4) is 12.3 Å². The van der Waals surface area contributed by atoms with Crippen LogP contribution in [-0.4, -0.2) is 47.6 Å². The summed E-state index contributed by atoms with van der Waals surface area (Å²) >= 11 is 0. The maximum atomic E-state index is 10.5. The molecule has 0 saturated heterocycles. The van der Waals surface area contributed by atoms with Gasteiger partial charge in [0.05, 0.1) is 26.8 Å². The molecule has 5 heteroatoms. The molecule has 0 saturated carbocycles. The van der Waals surface area contributed by atoms with Crippen molar-refractivity contribution in [1.82, 2.24) is 0 Å². The molecule has 0 radical (unpaired) electrons. The summed E-state index contributed by atoms with van der Waals surface area (Å²) in [6, 6.07) is 0. The van der Waals surface area contributed by atoms with E-state index in [0.717, 1.165) is 0 Å². The van der Waals surface area contributed by atoms with Crippen LogP contribution < -0.4 is 0 Å². The minimum absolute atomic E-state index is 0.109. The van der Waals surface area contributed by atoms with Gasteiger partial charge in [-0.15, -0.1) is 6.42 Å². The topological polar surface area (TPSA) is 57.5 Å². The first-order chi connectivity index (χ1) is 5.27. The molecule has 0 aromatic heterocycles. The molecule has 4 nitrogen and oxygen atoms in total. The van der Waals surface area contributed by atoms with E-state index in [-0.39, 0.29) is 6.16 Å². The van der Waals surface area contributed by atoms with Crippen LogP contribution in [0.4, 0.5) is 0 Å². The predicted molar refractivity (Wildman–Crippen MR) is 47.6 cm³/mol. The summed E-state index contributed by atoms with van der Waals surface area (Å²) in [5.74, 6) is 2.46. The zero-order chi connectivity index (χ0) is 9.83. The summed E-state index contributed by atoms with van der Waals surface area (Å²) in [6.07, 6.45) is 4.98. The first-order valence-corrected chi connectivity index (χ1v) is 5.37. The molecule has 0 aliphatic rings. The Bertz CT molecular complexity index is 225. The normalized spacial score (nSPS) is 12.6. The molecule has 0 atom stereocenters. The highest BCUT2D eigenvalue weighted by atomic mass is 31.2. The van der Waals surface area contributed by atoms with Gasteiger partial charge in [0.2, 0.25) is 0 Å². The molecule has 70 valence electrons. The summed E-state index contributed by atoms with van der Waals surface area (Å²) in [5.41, 5.74) is 0. The summed E-state index contributed by atoms with van der Waals surface area (Å²) in [5, 5.41) is 0. The van der Waals surface area contributed by atoms with Crippen LogP contribution in [0.15, 0.2) is 0 Å². The minimum atomic E-state index is -3.87. The van der Waals surface area contributed by atoms with Crippen LogP contribution >= 0.6 is 7.60 Å². The molecule has 0 fully saturated rings. The van der Waals surface area contributed by atoms with Gasteiger partial charge in [0.1, 0.15) is 6.54 Å². The predicted octanol–water partition coefficient (Wildman–Crippen LogP) is -0.126. The second-order valence-corrected chi connectivity index (χ2v) is 5.19. The van der Waals surface area contributed by atoms with Crippen LogP contribution in [0.25, 0.3) is 0 Å². The molecule has 0 unspecified atom stereocenters. The van der Waals surface area contributed by atoms with Gasteiger partial charge >= 0.3 is 7.60 Å². The van der Waals surface area contributed by atoms with E-state index in [1.54, 1.807) is 0 Å². The molecule has 0 aromatic rings. The van der Waals surface area contributed by atoms with E-state index in [9.17, 15) is 4.57 Å². The van der Waals surface area contributed by atoms with Gasteiger partial charge < -0.3 is 14.3 Å². The lowest BCUT2D eigenvalue weighted by Crippen LogP contribution is -2.42. The Balaban J connectivity index is 3.94. The molecule has 0 rings (SSSR count). The first kappa shape index (κ1) is 11.7. The maximum absolute atomic E-state index is 10.5. The van der Waals surface area contributed by atoms with Crippen LogP contribution in [0, 0.1) is 12.3 Å². The second-order valence-electron chi connectivity index (χ2n) is 3.41. The van der Waals surface area contributed by atoms with Gasteiger partial charge in [0.25, 0.3) is 0 Å². The van der Waals surface area contributed by atoms with Crippen molar-refractivity contribution in [3.63, 3.8) is 0 Å². The molecule has 0 spiro atoms. The number of hydrogen-bond donors (Lipinski definition) is 2. The number of hydrogen-bond acceptors (Lipinski definition) is 1. The average Bonchev–Trinajstić information content (AvgIpc) is 1.83. The molecule has 2 N–H and O–H groups in total. The Labute approximate surface area is 72.9 Å². The van der Waals surface area contributed by atoms with Gasteiger partial charge in [-0.1, -0.05) is 0 Å². The maximum Gasteiger partial charge on any atom is 0.331 e. The zero-order valence-electron chi connectivity index (χ0n) is 7.40. The minimum Gasteiger partial charge on any atom is -0.324 e. The molecule has 0 aliphatic carbocycles. The van der Waals surface area contributed by atoms with Gasteiger partial charge in [-0.2, -0.15) is 0 Å². The van der Waals surface area contributed by atoms with E-state index in [4.69, 9.17) is 16.2 Å². The summed E-state index contributed by atoms with van der Waals surface area (Å²) in [7, 11) is -0.184. The summed E-state index contributed by atoms with van der Waals surface area (Å²) in [6.45, 7) is 0.883. The van der Waals surface area contributed by atoms with Crippen molar-refractivity contribution in [3.05, 3.63) is 0 Å². The summed E-state index contributed by atoms with van der Waals surface area (Å²) < 4.78 is 11.0. The van der Waals surface area contributed by atoms with Gasteiger partial charge in [-0.05, 0) is 5.92 Å².